The highest BCUT2D eigenvalue weighted by Crippen LogP contribution is 2.11. The van der Waals surface area contributed by atoms with Gasteiger partial charge in [-0.05, 0) is 12.0 Å². The maximum absolute atomic E-state index is 5.65. The normalized spacial score (nSPS) is 26.6. The number of hydrogen-bond acceptors (Lipinski definition) is 2. The van der Waals surface area contributed by atoms with E-state index in [9.17, 15) is 0 Å². The Hall–Kier alpha value is -0.860. The maximum atomic E-state index is 5.65. The molecule has 1 N–H and O–H groups in total. The Morgan fingerprint density at radius 1 is 1.36 bits per heavy atom. The van der Waals surface area contributed by atoms with Crippen LogP contribution >= 0.6 is 0 Å². The molecule has 1 aromatic carbocycles. The highest BCUT2D eigenvalue weighted by Gasteiger charge is 2.22. The minimum absolute atomic E-state index is 0.211. The van der Waals surface area contributed by atoms with Gasteiger partial charge in [0.15, 0.2) is 0 Å². The fourth-order valence-electron chi connectivity index (χ4n) is 1.77. The number of rotatable bonds is 3. The molecule has 0 spiro atoms. The fourth-order valence-corrected chi connectivity index (χ4v) is 1.77. The molecule has 0 aromatic heterocycles. The van der Waals surface area contributed by atoms with Crippen LogP contribution in [0.5, 0.6) is 0 Å². The van der Waals surface area contributed by atoms with Crippen molar-refractivity contribution < 1.29 is 4.74 Å². The monoisotopic (exact) mass is 191 g/mol. The molecule has 0 amide bonds. The lowest BCUT2D eigenvalue weighted by Crippen LogP contribution is -2.31. The number of ether oxygens (including phenoxy) is 1. The van der Waals surface area contributed by atoms with Gasteiger partial charge in [0.2, 0.25) is 0 Å². The number of benzene rings is 1. The van der Waals surface area contributed by atoms with Gasteiger partial charge in [0.1, 0.15) is 6.23 Å². The average molecular weight is 191 g/mol. The number of hydrogen-bond donors (Lipinski definition) is 1. The molecular weight excluding hydrogens is 174 g/mol. The van der Waals surface area contributed by atoms with Crippen molar-refractivity contribution in [2.45, 2.75) is 32.0 Å². The summed E-state index contributed by atoms with van der Waals surface area (Å²) in [6.45, 7) is 3.04. The van der Waals surface area contributed by atoms with Gasteiger partial charge in [0, 0.05) is 12.5 Å². The summed E-state index contributed by atoms with van der Waals surface area (Å²) in [7, 11) is 0. The third-order valence-electron chi connectivity index (χ3n) is 2.68. The summed E-state index contributed by atoms with van der Waals surface area (Å²) < 4.78 is 5.65. The standard InChI is InChI=1S/C12H17NO/c1-2-11-9-14-12(13-11)8-10-6-4-3-5-7-10/h3-7,11-13H,2,8-9H2,1H3/t11-,12?/m0/s1. The van der Waals surface area contributed by atoms with Crippen LogP contribution in [0, 0.1) is 0 Å². The second kappa shape index (κ2) is 4.58. The van der Waals surface area contributed by atoms with Gasteiger partial charge in [0.05, 0.1) is 6.61 Å². The summed E-state index contributed by atoms with van der Waals surface area (Å²) in [6.07, 6.45) is 2.32. The molecule has 1 heterocycles. The van der Waals surface area contributed by atoms with Crippen molar-refractivity contribution in [2.75, 3.05) is 6.61 Å². The Morgan fingerprint density at radius 2 is 2.14 bits per heavy atom. The zero-order valence-electron chi connectivity index (χ0n) is 8.57. The van der Waals surface area contributed by atoms with Crippen molar-refractivity contribution in [2.24, 2.45) is 0 Å². The molecule has 1 saturated heterocycles. The van der Waals surface area contributed by atoms with Crippen LogP contribution in [0.4, 0.5) is 0 Å². The highest BCUT2D eigenvalue weighted by molar-refractivity contribution is 5.15. The minimum Gasteiger partial charge on any atom is -0.361 e. The van der Waals surface area contributed by atoms with E-state index in [0.29, 0.717) is 6.04 Å². The van der Waals surface area contributed by atoms with E-state index >= 15 is 0 Å². The van der Waals surface area contributed by atoms with Gasteiger partial charge in [0.25, 0.3) is 0 Å². The Labute approximate surface area is 85.3 Å². The van der Waals surface area contributed by atoms with Gasteiger partial charge in [-0.2, -0.15) is 0 Å². The summed E-state index contributed by atoms with van der Waals surface area (Å²) in [5, 5.41) is 3.47. The van der Waals surface area contributed by atoms with E-state index in [1.807, 2.05) is 6.07 Å². The average Bonchev–Trinajstić information content (AvgIpc) is 2.67. The van der Waals surface area contributed by atoms with Crippen LogP contribution in [0.15, 0.2) is 30.3 Å². The zero-order valence-corrected chi connectivity index (χ0v) is 8.57. The van der Waals surface area contributed by atoms with Crippen LogP contribution < -0.4 is 5.32 Å². The van der Waals surface area contributed by atoms with Crippen molar-refractivity contribution in [3.05, 3.63) is 35.9 Å². The first-order chi connectivity index (χ1) is 6.88. The lowest BCUT2D eigenvalue weighted by molar-refractivity contribution is 0.100. The smallest absolute Gasteiger partial charge is 0.112 e. The first-order valence-electron chi connectivity index (χ1n) is 5.30. The Kier molecular flexibility index (Phi) is 3.17. The van der Waals surface area contributed by atoms with Crippen LogP contribution in [-0.2, 0) is 11.2 Å². The number of nitrogens with one attached hydrogen (secondary N) is 1. The van der Waals surface area contributed by atoms with Gasteiger partial charge in [-0.25, -0.2) is 0 Å². The molecule has 0 aliphatic carbocycles. The van der Waals surface area contributed by atoms with Gasteiger partial charge < -0.3 is 4.74 Å². The third-order valence-corrected chi connectivity index (χ3v) is 2.68. The molecule has 0 radical (unpaired) electrons. The first-order valence-corrected chi connectivity index (χ1v) is 5.30. The van der Waals surface area contributed by atoms with Crippen LogP contribution in [0.1, 0.15) is 18.9 Å². The fraction of sp³-hybridized carbons (Fsp3) is 0.500. The molecule has 2 heteroatoms. The molecule has 1 aliphatic heterocycles. The topological polar surface area (TPSA) is 21.3 Å². The van der Waals surface area contributed by atoms with E-state index in [0.717, 1.165) is 19.4 Å². The summed E-state index contributed by atoms with van der Waals surface area (Å²) in [6, 6.07) is 11.0. The summed E-state index contributed by atoms with van der Waals surface area (Å²) in [5.41, 5.74) is 1.33. The largest absolute Gasteiger partial charge is 0.361 e. The second-order valence-electron chi connectivity index (χ2n) is 3.78. The molecular formula is C12H17NO. The van der Waals surface area contributed by atoms with Gasteiger partial charge in [-0.1, -0.05) is 37.3 Å². The molecule has 2 atom stereocenters. The quantitative estimate of drug-likeness (QED) is 0.788. The van der Waals surface area contributed by atoms with E-state index in [-0.39, 0.29) is 6.23 Å². The van der Waals surface area contributed by atoms with E-state index in [4.69, 9.17) is 4.74 Å². The van der Waals surface area contributed by atoms with E-state index < -0.39 is 0 Å². The highest BCUT2D eigenvalue weighted by atomic mass is 16.5. The predicted octanol–water partition coefficient (Wildman–Crippen LogP) is 1.95. The van der Waals surface area contributed by atoms with Gasteiger partial charge >= 0.3 is 0 Å². The molecule has 0 bridgehead atoms. The summed E-state index contributed by atoms with van der Waals surface area (Å²) in [5.74, 6) is 0. The van der Waals surface area contributed by atoms with Crippen molar-refractivity contribution in [1.29, 1.82) is 0 Å². The predicted molar refractivity (Wildman–Crippen MR) is 57.1 cm³/mol. The Morgan fingerprint density at radius 3 is 2.79 bits per heavy atom. The minimum atomic E-state index is 0.211. The summed E-state index contributed by atoms with van der Waals surface area (Å²) >= 11 is 0. The van der Waals surface area contributed by atoms with Gasteiger partial charge in [-0.3, -0.25) is 5.32 Å². The molecule has 1 aromatic rings. The van der Waals surface area contributed by atoms with Crippen molar-refractivity contribution in [3.8, 4) is 0 Å². The van der Waals surface area contributed by atoms with E-state index in [1.165, 1.54) is 5.56 Å². The molecule has 1 aliphatic rings. The van der Waals surface area contributed by atoms with Crippen LogP contribution in [0.2, 0.25) is 0 Å². The first kappa shape index (κ1) is 9.69. The molecule has 76 valence electrons. The van der Waals surface area contributed by atoms with Crippen LogP contribution in [-0.4, -0.2) is 18.9 Å². The zero-order chi connectivity index (χ0) is 9.80. The lowest BCUT2D eigenvalue weighted by Gasteiger charge is -2.10. The molecule has 1 fully saturated rings. The third kappa shape index (κ3) is 2.34. The van der Waals surface area contributed by atoms with Gasteiger partial charge in [-0.15, -0.1) is 0 Å². The second-order valence-corrected chi connectivity index (χ2v) is 3.78. The van der Waals surface area contributed by atoms with Crippen LogP contribution in [0.25, 0.3) is 0 Å². The maximum Gasteiger partial charge on any atom is 0.112 e. The van der Waals surface area contributed by atoms with Crippen molar-refractivity contribution >= 4 is 0 Å². The van der Waals surface area contributed by atoms with Crippen molar-refractivity contribution in [3.63, 3.8) is 0 Å². The Balaban J connectivity index is 1.88. The van der Waals surface area contributed by atoms with Crippen molar-refractivity contribution in [1.82, 2.24) is 5.32 Å². The van der Waals surface area contributed by atoms with Crippen LogP contribution in [0.3, 0.4) is 0 Å². The molecule has 14 heavy (non-hydrogen) atoms. The molecule has 0 saturated carbocycles. The van der Waals surface area contributed by atoms with E-state index in [2.05, 4.69) is 36.5 Å². The Bertz CT molecular complexity index is 273. The summed E-state index contributed by atoms with van der Waals surface area (Å²) in [4.78, 5) is 0. The lowest BCUT2D eigenvalue weighted by atomic mass is 10.1. The SMILES string of the molecule is CC[C@H]1COC(Cc2ccccc2)N1. The molecule has 1 unspecified atom stereocenters. The molecule has 2 nitrogen and oxygen atoms in total. The van der Waals surface area contributed by atoms with E-state index in [1.54, 1.807) is 0 Å². The molecule has 2 rings (SSSR count).